The molecule has 7 heteroatoms. The van der Waals surface area contributed by atoms with E-state index in [-0.39, 0.29) is 18.1 Å². The zero-order valence-electron chi connectivity index (χ0n) is 10.0. The molecule has 1 aromatic rings. The second-order valence-electron chi connectivity index (χ2n) is 3.46. The Kier molecular flexibility index (Phi) is 4.55. The molecule has 100 valence electrons. The second kappa shape index (κ2) is 5.72. The molecule has 0 unspecified atom stereocenters. The lowest BCUT2D eigenvalue weighted by Gasteiger charge is -2.21. The standard InChI is InChI=1S/C11H14F2N2O3/c1-3-18-10(16)11(12,13)9(14)7-4-5-8(17-2)15-6-7/h4-6,9H,3,14H2,1-2H3/t9-/m1/s1. The second-order valence-corrected chi connectivity index (χ2v) is 3.46. The van der Waals surface area contributed by atoms with Gasteiger partial charge in [-0.25, -0.2) is 9.78 Å². The third kappa shape index (κ3) is 2.92. The summed E-state index contributed by atoms with van der Waals surface area (Å²) in [6.07, 6.45) is 1.14. The van der Waals surface area contributed by atoms with Crippen LogP contribution in [0.15, 0.2) is 18.3 Å². The van der Waals surface area contributed by atoms with Gasteiger partial charge in [0.1, 0.15) is 6.04 Å². The summed E-state index contributed by atoms with van der Waals surface area (Å²) in [5, 5.41) is 0. The summed E-state index contributed by atoms with van der Waals surface area (Å²) in [4.78, 5) is 14.9. The Labute approximate surface area is 103 Å². The molecule has 18 heavy (non-hydrogen) atoms. The minimum atomic E-state index is -3.80. The zero-order valence-corrected chi connectivity index (χ0v) is 10.0. The van der Waals surface area contributed by atoms with E-state index in [4.69, 9.17) is 10.5 Å². The number of nitrogens with zero attached hydrogens (tertiary/aromatic N) is 1. The quantitative estimate of drug-likeness (QED) is 0.807. The van der Waals surface area contributed by atoms with Gasteiger partial charge in [-0.2, -0.15) is 8.78 Å². The van der Waals surface area contributed by atoms with E-state index in [1.807, 2.05) is 0 Å². The number of nitrogens with two attached hydrogens (primary N) is 1. The summed E-state index contributed by atoms with van der Waals surface area (Å²) in [6, 6.07) is 0.898. The van der Waals surface area contributed by atoms with E-state index in [2.05, 4.69) is 9.72 Å². The Morgan fingerprint density at radius 1 is 1.56 bits per heavy atom. The van der Waals surface area contributed by atoms with E-state index >= 15 is 0 Å². The summed E-state index contributed by atoms with van der Waals surface area (Å²) < 4.78 is 36.3. The number of carbonyl (C=O) groups is 1. The molecule has 0 aliphatic heterocycles. The van der Waals surface area contributed by atoms with Crippen LogP contribution in [0.4, 0.5) is 8.78 Å². The van der Waals surface area contributed by atoms with E-state index in [0.29, 0.717) is 0 Å². The van der Waals surface area contributed by atoms with Gasteiger partial charge < -0.3 is 15.2 Å². The number of alkyl halides is 2. The molecule has 2 N–H and O–H groups in total. The smallest absolute Gasteiger partial charge is 0.379 e. The fourth-order valence-electron chi connectivity index (χ4n) is 1.26. The minimum Gasteiger partial charge on any atom is -0.481 e. The van der Waals surface area contributed by atoms with Gasteiger partial charge in [0.25, 0.3) is 0 Å². The van der Waals surface area contributed by atoms with E-state index in [1.54, 1.807) is 0 Å². The number of rotatable bonds is 5. The van der Waals surface area contributed by atoms with Gasteiger partial charge in [-0.1, -0.05) is 6.07 Å². The normalized spacial score (nSPS) is 12.9. The van der Waals surface area contributed by atoms with Crippen LogP contribution in [0.25, 0.3) is 0 Å². The van der Waals surface area contributed by atoms with Crippen LogP contribution in [0.3, 0.4) is 0 Å². The van der Waals surface area contributed by atoms with Gasteiger partial charge in [-0.3, -0.25) is 0 Å². The highest BCUT2D eigenvalue weighted by Gasteiger charge is 2.47. The molecule has 0 saturated carbocycles. The molecule has 0 bridgehead atoms. The van der Waals surface area contributed by atoms with Crippen LogP contribution in [0.2, 0.25) is 0 Å². The van der Waals surface area contributed by atoms with Crippen LogP contribution in [-0.4, -0.2) is 30.6 Å². The van der Waals surface area contributed by atoms with E-state index in [9.17, 15) is 13.6 Å². The Bertz CT molecular complexity index is 409. The first-order valence-electron chi connectivity index (χ1n) is 5.24. The topological polar surface area (TPSA) is 74.4 Å². The number of methoxy groups -OCH3 is 1. The molecule has 5 nitrogen and oxygen atoms in total. The Morgan fingerprint density at radius 2 is 2.22 bits per heavy atom. The molecule has 0 spiro atoms. The number of esters is 1. The predicted octanol–water partition coefficient (Wildman–Crippen LogP) is 1.29. The molecule has 0 saturated heterocycles. The summed E-state index contributed by atoms with van der Waals surface area (Å²) in [6.45, 7) is 1.30. The maximum absolute atomic E-state index is 13.6. The first-order valence-corrected chi connectivity index (χ1v) is 5.24. The van der Waals surface area contributed by atoms with Crippen molar-refractivity contribution in [2.45, 2.75) is 18.9 Å². The first kappa shape index (κ1) is 14.3. The lowest BCUT2D eigenvalue weighted by Crippen LogP contribution is -2.41. The molecule has 0 aliphatic rings. The third-order valence-electron chi connectivity index (χ3n) is 2.27. The van der Waals surface area contributed by atoms with Gasteiger partial charge in [0.15, 0.2) is 0 Å². The number of hydrogen-bond acceptors (Lipinski definition) is 5. The maximum Gasteiger partial charge on any atom is 0.379 e. The number of pyridine rings is 1. The molecule has 0 radical (unpaired) electrons. The molecule has 1 aromatic heterocycles. The fraction of sp³-hybridized carbons (Fsp3) is 0.455. The highest BCUT2D eigenvalue weighted by Crippen LogP contribution is 2.30. The molecule has 1 rings (SSSR count). The van der Waals surface area contributed by atoms with E-state index in [1.165, 1.54) is 26.2 Å². The maximum atomic E-state index is 13.6. The molecule has 1 atom stereocenters. The van der Waals surface area contributed by atoms with Gasteiger partial charge in [-0.05, 0) is 12.5 Å². The number of carbonyl (C=O) groups excluding carboxylic acids is 1. The molecule has 1 heterocycles. The number of hydrogen-bond donors (Lipinski definition) is 1. The largest absolute Gasteiger partial charge is 0.481 e. The van der Waals surface area contributed by atoms with Crippen molar-refractivity contribution in [2.24, 2.45) is 5.73 Å². The van der Waals surface area contributed by atoms with Crippen molar-refractivity contribution >= 4 is 5.97 Å². The van der Waals surface area contributed by atoms with Crippen molar-refractivity contribution in [1.29, 1.82) is 0 Å². The summed E-state index contributed by atoms with van der Waals surface area (Å²) >= 11 is 0. The Hall–Kier alpha value is -1.76. The molecule has 0 amide bonds. The highest BCUT2D eigenvalue weighted by molar-refractivity contribution is 5.78. The van der Waals surface area contributed by atoms with Crippen LogP contribution in [0.1, 0.15) is 18.5 Å². The van der Waals surface area contributed by atoms with Gasteiger partial charge in [0, 0.05) is 12.3 Å². The van der Waals surface area contributed by atoms with Crippen molar-refractivity contribution in [1.82, 2.24) is 4.98 Å². The van der Waals surface area contributed by atoms with Gasteiger partial charge in [0.05, 0.1) is 13.7 Å². The van der Waals surface area contributed by atoms with Crippen LogP contribution in [0.5, 0.6) is 5.88 Å². The zero-order chi connectivity index (χ0) is 13.8. The van der Waals surface area contributed by atoms with Crippen molar-refractivity contribution in [3.63, 3.8) is 0 Å². The van der Waals surface area contributed by atoms with Crippen LogP contribution < -0.4 is 10.5 Å². The molecular formula is C11H14F2N2O3. The average molecular weight is 260 g/mol. The molecular weight excluding hydrogens is 246 g/mol. The van der Waals surface area contributed by atoms with Crippen LogP contribution in [0, 0.1) is 0 Å². The van der Waals surface area contributed by atoms with E-state index < -0.39 is 17.9 Å². The van der Waals surface area contributed by atoms with E-state index in [0.717, 1.165) is 6.20 Å². The van der Waals surface area contributed by atoms with Crippen LogP contribution >= 0.6 is 0 Å². The lowest BCUT2D eigenvalue weighted by atomic mass is 10.0. The van der Waals surface area contributed by atoms with Gasteiger partial charge >= 0.3 is 11.9 Å². The Balaban J connectivity index is 2.90. The van der Waals surface area contributed by atoms with Crippen molar-refractivity contribution < 1.29 is 23.0 Å². The number of aromatic nitrogens is 1. The van der Waals surface area contributed by atoms with Crippen LogP contribution in [-0.2, 0) is 9.53 Å². The predicted molar refractivity (Wildman–Crippen MR) is 59.3 cm³/mol. The monoisotopic (exact) mass is 260 g/mol. The fourth-order valence-corrected chi connectivity index (χ4v) is 1.26. The van der Waals surface area contributed by atoms with Crippen molar-refractivity contribution in [2.75, 3.05) is 13.7 Å². The minimum absolute atomic E-state index is 0.0221. The third-order valence-corrected chi connectivity index (χ3v) is 2.27. The van der Waals surface area contributed by atoms with Crippen molar-refractivity contribution in [3.8, 4) is 5.88 Å². The van der Waals surface area contributed by atoms with Gasteiger partial charge in [-0.15, -0.1) is 0 Å². The first-order chi connectivity index (χ1) is 8.43. The number of ether oxygens (including phenoxy) is 2. The number of halogens is 2. The molecule has 0 fully saturated rings. The summed E-state index contributed by atoms with van der Waals surface area (Å²) in [7, 11) is 1.40. The Morgan fingerprint density at radius 3 is 2.67 bits per heavy atom. The summed E-state index contributed by atoms with van der Waals surface area (Å²) in [5.41, 5.74) is 5.39. The highest BCUT2D eigenvalue weighted by atomic mass is 19.3. The summed E-state index contributed by atoms with van der Waals surface area (Å²) in [5.74, 6) is -5.18. The molecule has 0 aromatic carbocycles. The molecule has 0 aliphatic carbocycles. The average Bonchev–Trinajstić information content (AvgIpc) is 2.38. The SMILES string of the molecule is CCOC(=O)C(F)(F)[C@H](N)c1ccc(OC)nc1. The lowest BCUT2D eigenvalue weighted by molar-refractivity contribution is -0.174. The van der Waals surface area contributed by atoms with Crippen molar-refractivity contribution in [3.05, 3.63) is 23.9 Å². The van der Waals surface area contributed by atoms with Gasteiger partial charge in [0.2, 0.25) is 5.88 Å².